The average Bonchev–Trinajstić information content (AvgIpc) is 2.50. The van der Waals surface area contributed by atoms with Gasteiger partial charge in [0.15, 0.2) is 0 Å². The van der Waals surface area contributed by atoms with E-state index in [9.17, 15) is 9.90 Å². The molecular formula is C16H15BrN2O2. The highest BCUT2D eigenvalue weighted by Gasteiger charge is 2.10. The van der Waals surface area contributed by atoms with E-state index in [-0.39, 0.29) is 11.3 Å². The lowest BCUT2D eigenvalue weighted by molar-refractivity contribution is 0.0952. The molecule has 0 aliphatic carbocycles. The Balaban J connectivity index is 1.83. The molecule has 1 amide bonds. The first-order chi connectivity index (χ1) is 10.2. The van der Waals surface area contributed by atoms with E-state index in [1.54, 1.807) is 18.3 Å². The Labute approximate surface area is 131 Å². The Morgan fingerprint density at radius 3 is 2.76 bits per heavy atom. The zero-order chi connectivity index (χ0) is 15.1. The van der Waals surface area contributed by atoms with Gasteiger partial charge in [0, 0.05) is 10.7 Å². The Morgan fingerprint density at radius 1 is 1.24 bits per heavy atom. The number of carbonyl (C=O) groups is 1. The van der Waals surface area contributed by atoms with Crippen LogP contribution in [0, 0.1) is 0 Å². The summed E-state index contributed by atoms with van der Waals surface area (Å²) in [7, 11) is 0. The summed E-state index contributed by atoms with van der Waals surface area (Å²) in [5.41, 5.74) is 3.81. The van der Waals surface area contributed by atoms with Crippen LogP contribution in [0.1, 0.15) is 22.3 Å². The molecule has 5 heteroatoms. The number of aromatic hydroxyl groups is 1. The van der Waals surface area contributed by atoms with Crippen LogP contribution in [-0.4, -0.2) is 17.2 Å². The van der Waals surface area contributed by atoms with E-state index in [0.717, 1.165) is 17.3 Å². The highest BCUT2D eigenvalue weighted by atomic mass is 79.9. The third kappa shape index (κ3) is 4.72. The monoisotopic (exact) mass is 346 g/mol. The van der Waals surface area contributed by atoms with E-state index in [4.69, 9.17) is 0 Å². The minimum Gasteiger partial charge on any atom is -0.507 e. The van der Waals surface area contributed by atoms with Crippen LogP contribution < -0.4 is 5.43 Å². The lowest BCUT2D eigenvalue weighted by atomic mass is 10.1. The largest absolute Gasteiger partial charge is 0.507 e. The standard InChI is InChI=1S/C16H15BrN2O2/c17-13-8-9-15(20)14(11-13)16(21)19-18-10-4-7-12-5-2-1-3-6-12/h1-3,5-6,8-11,20H,4,7H2,(H,19,21). The highest BCUT2D eigenvalue weighted by molar-refractivity contribution is 9.10. The number of benzene rings is 2. The van der Waals surface area contributed by atoms with Gasteiger partial charge >= 0.3 is 0 Å². The molecule has 2 aromatic carbocycles. The molecule has 0 heterocycles. The molecule has 2 rings (SSSR count). The molecule has 2 N–H and O–H groups in total. The molecule has 108 valence electrons. The van der Waals surface area contributed by atoms with Crippen molar-refractivity contribution in [2.45, 2.75) is 12.8 Å². The summed E-state index contributed by atoms with van der Waals surface area (Å²) in [4.78, 5) is 11.8. The number of rotatable bonds is 5. The summed E-state index contributed by atoms with van der Waals surface area (Å²) in [5, 5.41) is 13.5. The van der Waals surface area contributed by atoms with Crippen molar-refractivity contribution in [3.8, 4) is 5.75 Å². The lowest BCUT2D eigenvalue weighted by Gasteiger charge is -2.03. The smallest absolute Gasteiger partial charge is 0.275 e. The van der Waals surface area contributed by atoms with Crippen molar-refractivity contribution in [2.24, 2.45) is 5.10 Å². The number of carbonyl (C=O) groups excluding carboxylic acids is 1. The molecule has 0 fully saturated rings. The van der Waals surface area contributed by atoms with Crippen LogP contribution >= 0.6 is 15.9 Å². The lowest BCUT2D eigenvalue weighted by Crippen LogP contribution is -2.17. The van der Waals surface area contributed by atoms with Gasteiger partial charge in [0.25, 0.3) is 5.91 Å². The molecule has 0 radical (unpaired) electrons. The van der Waals surface area contributed by atoms with Crippen LogP contribution in [0.2, 0.25) is 0 Å². The van der Waals surface area contributed by atoms with Crippen molar-refractivity contribution < 1.29 is 9.90 Å². The van der Waals surface area contributed by atoms with E-state index < -0.39 is 5.91 Å². The quantitative estimate of drug-likeness (QED) is 0.642. The van der Waals surface area contributed by atoms with Gasteiger partial charge < -0.3 is 5.11 Å². The van der Waals surface area contributed by atoms with Gasteiger partial charge in [0.05, 0.1) is 5.56 Å². The second-order valence-corrected chi connectivity index (χ2v) is 5.35. The molecule has 0 saturated carbocycles. The number of hydrazone groups is 1. The molecule has 0 aromatic heterocycles. The second kappa shape index (κ2) is 7.59. The fourth-order valence-corrected chi connectivity index (χ4v) is 2.16. The van der Waals surface area contributed by atoms with E-state index in [1.165, 1.54) is 11.6 Å². The van der Waals surface area contributed by atoms with Crippen molar-refractivity contribution in [3.63, 3.8) is 0 Å². The van der Waals surface area contributed by atoms with E-state index in [1.807, 2.05) is 30.3 Å². The van der Waals surface area contributed by atoms with Gasteiger partial charge in [-0.15, -0.1) is 0 Å². The predicted molar refractivity (Wildman–Crippen MR) is 86.5 cm³/mol. The van der Waals surface area contributed by atoms with Gasteiger partial charge in [-0.2, -0.15) is 5.10 Å². The zero-order valence-electron chi connectivity index (χ0n) is 11.3. The fourth-order valence-electron chi connectivity index (χ4n) is 1.80. The molecule has 0 spiro atoms. The number of phenols is 1. The minimum absolute atomic E-state index is 0.0739. The normalized spacial score (nSPS) is 10.7. The Kier molecular flexibility index (Phi) is 5.51. The van der Waals surface area contributed by atoms with Crippen LogP contribution in [0.15, 0.2) is 58.1 Å². The average molecular weight is 347 g/mol. The van der Waals surface area contributed by atoms with Crippen LogP contribution in [0.3, 0.4) is 0 Å². The SMILES string of the molecule is O=C(NN=CCCc1ccccc1)c1cc(Br)ccc1O. The predicted octanol–water partition coefficient (Wildman–Crippen LogP) is 3.50. The Morgan fingerprint density at radius 2 is 2.00 bits per heavy atom. The third-order valence-electron chi connectivity index (χ3n) is 2.87. The number of phenolic OH excluding ortho intramolecular Hbond substituents is 1. The molecule has 0 unspecified atom stereocenters. The maximum absolute atomic E-state index is 11.8. The first-order valence-electron chi connectivity index (χ1n) is 6.51. The summed E-state index contributed by atoms with van der Waals surface area (Å²) >= 11 is 3.25. The molecule has 4 nitrogen and oxygen atoms in total. The maximum Gasteiger partial charge on any atom is 0.275 e. The van der Waals surface area contributed by atoms with Gasteiger partial charge in [-0.05, 0) is 36.6 Å². The first kappa shape index (κ1) is 15.3. The molecule has 2 aromatic rings. The van der Waals surface area contributed by atoms with E-state index >= 15 is 0 Å². The third-order valence-corrected chi connectivity index (χ3v) is 3.36. The Bertz CT molecular complexity index is 642. The number of aryl methyl sites for hydroxylation is 1. The topological polar surface area (TPSA) is 61.7 Å². The number of amides is 1. The van der Waals surface area contributed by atoms with Crippen LogP contribution in [-0.2, 0) is 6.42 Å². The zero-order valence-corrected chi connectivity index (χ0v) is 12.9. The second-order valence-electron chi connectivity index (χ2n) is 4.44. The number of hydrogen-bond acceptors (Lipinski definition) is 3. The summed E-state index contributed by atoms with van der Waals surface area (Å²) in [6, 6.07) is 14.7. The maximum atomic E-state index is 11.8. The summed E-state index contributed by atoms with van der Waals surface area (Å²) in [6.07, 6.45) is 3.25. The minimum atomic E-state index is -0.440. The van der Waals surface area contributed by atoms with Gasteiger partial charge in [-0.25, -0.2) is 5.43 Å². The summed E-state index contributed by atoms with van der Waals surface area (Å²) < 4.78 is 0.721. The Hall–Kier alpha value is -2.14. The highest BCUT2D eigenvalue weighted by Crippen LogP contribution is 2.21. The fraction of sp³-hybridized carbons (Fsp3) is 0.125. The van der Waals surface area contributed by atoms with Crippen molar-refractivity contribution >= 4 is 28.1 Å². The molecule has 0 bridgehead atoms. The molecule has 0 aliphatic rings. The molecule has 0 aliphatic heterocycles. The number of hydrogen-bond donors (Lipinski definition) is 2. The van der Waals surface area contributed by atoms with Crippen molar-refractivity contribution in [2.75, 3.05) is 0 Å². The molecule has 21 heavy (non-hydrogen) atoms. The molecule has 0 saturated heterocycles. The first-order valence-corrected chi connectivity index (χ1v) is 7.30. The number of nitrogens with zero attached hydrogens (tertiary/aromatic N) is 1. The van der Waals surface area contributed by atoms with Crippen molar-refractivity contribution in [1.82, 2.24) is 5.43 Å². The number of nitrogens with one attached hydrogen (secondary N) is 1. The van der Waals surface area contributed by atoms with Crippen LogP contribution in [0.4, 0.5) is 0 Å². The summed E-state index contributed by atoms with van der Waals surface area (Å²) in [6.45, 7) is 0. The summed E-state index contributed by atoms with van der Waals surface area (Å²) in [5.74, 6) is -0.514. The van der Waals surface area contributed by atoms with Gasteiger partial charge in [0.2, 0.25) is 0 Å². The van der Waals surface area contributed by atoms with Gasteiger partial charge in [-0.1, -0.05) is 46.3 Å². The van der Waals surface area contributed by atoms with E-state index in [2.05, 4.69) is 26.5 Å². The van der Waals surface area contributed by atoms with E-state index in [0.29, 0.717) is 0 Å². The van der Waals surface area contributed by atoms with Crippen molar-refractivity contribution in [3.05, 3.63) is 64.1 Å². The number of halogens is 1. The van der Waals surface area contributed by atoms with Gasteiger partial charge in [-0.3, -0.25) is 4.79 Å². The molecular weight excluding hydrogens is 332 g/mol. The molecule has 0 atom stereocenters. The van der Waals surface area contributed by atoms with Gasteiger partial charge in [0.1, 0.15) is 5.75 Å². The van der Waals surface area contributed by atoms with Crippen LogP contribution in [0.25, 0.3) is 0 Å². The van der Waals surface area contributed by atoms with Crippen molar-refractivity contribution in [1.29, 1.82) is 0 Å². The van der Waals surface area contributed by atoms with Crippen LogP contribution in [0.5, 0.6) is 5.75 Å².